The molecule has 0 atom stereocenters. The van der Waals surface area contributed by atoms with E-state index in [2.05, 4.69) is 20.6 Å². The van der Waals surface area contributed by atoms with Gasteiger partial charge >= 0.3 is 15.5 Å². The SMILES string of the molecule is CCNC(=NCc1ncccc1F)NC1CCN(S(=O)(=O)C(F)(F)F)CC1. The summed E-state index contributed by atoms with van der Waals surface area (Å²) in [7, 11) is -5.30. The number of hydrogen-bond donors (Lipinski definition) is 2. The molecule has 2 heterocycles. The van der Waals surface area contributed by atoms with E-state index in [1.807, 2.05) is 6.92 Å². The molecule has 1 fully saturated rings. The summed E-state index contributed by atoms with van der Waals surface area (Å²) in [6.45, 7) is 1.86. The van der Waals surface area contributed by atoms with Gasteiger partial charge in [-0.15, -0.1) is 0 Å². The Hall–Kier alpha value is -1.95. The summed E-state index contributed by atoms with van der Waals surface area (Å²) in [5.41, 5.74) is -5.13. The van der Waals surface area contributed by atoms with Gasteiger partial charge in [0.2, 0.25) is 0 Å². The molecule has 0 spiro atoms. The van der Waals surface area contributed by atoms with Crippen LogP contribution in [0, 0.1) is 5.82 Å². The van der Waals surface area contributed by atoms with Crippen LogP contribution in [0.5, 0.6) is 0 Å². The number of piperidine rings is 1. The number of rotatable bonds is 5. The second kappa shape index (κ2) is 8.83. The van der Waals surface area contributed by atoms with E-state index in [1.54, 1.807) is 0 Å². The Balaban J connectivity index is 1.96. The van der Waals surface area contributed by atoms with Gasteiger partial charge in [-0.3, -0.25) is 4.98 Å². The quantitative estimate of drug-likeness (QED) is 0.437. The molecule has 12 heteroatoms. The summed E-state index contributed by atoms with van der Waals surface area (Å²) in [5, 5.41) is 6.01. The van der Waals surface area contributed by atoms with Gasteiger partial charge in [-0.1, -0.05) is 0 Å². The maximum absolute atomic E-state index is 13.6. The van der Waals surface area contributed by atoms with E-state index < -0.39 is 21.3 Å². The third kappa shape index (κ3) is 5.51. The Morgan fingerprint density at radius 1 is 1.37 bits per heavy atom. The van der Waals surface area contributed by atoms with Crippen molar-refractivity contribution in [2.75, 3.05) is 19.6 Å². The summed E-state index contributed by atoms with van der Waals surface area (Å²) >= 11 is 0. The molecule has 0 saturated carbocycles. The van der Waals surface area contributed by atoms with E-state index in [4.69, 9.17) is 0 Å². The number of guanidine groups is 1. The van der Waals surface area contributed by atoms with E-state index in [9.17, 15) is 26.0 Å². The van der Waals surface area contributed by atoms with E-state index in [-0.39, 0.29) is 44.2 Å². The molecule has 0 amide bonds. The van der Waals surface area contributed by atoms with Crippen LogP contribution in [0.4, 0.5) is 17.6 Å². The van der Waals surface area contributed by atoms with Gasteiger partial charge in [0.15, 0.2) is 5.96 Å². The minimum absolute atomic E-state index is 0.0106. The lowest BCUT2D eigenvalue weighted by molar-refractivity contribution is -0.0494. The van der Waals surface area contributed by atoms with Crippen LogP contribution in [-0.2, 0) is 16.6 Å². The monoisotopic (exact) mass is 411 g/mol. The predicted octanol–water partition coefficient (Wildman–Crippen LogP) is 1.59. The molecule has 1 aliphatic heterocycles. The van der Waals surface area contributed by atoms with Gasteiger partial charge in [-0.25, -0.2) is 17.8 Å². The van der Waals surface area contributed by atoms with Crippen molar-refractivity contribution in [2.24, 2.45) is 4.99 Å². The zero-order valence-corrected chi connectivity index (χ0v) is 15.4. The fraction of sp³-hybridized carbons (Fsp3) is 0.600. The molecule has 0 unspecified atom stereocenters. The number of aromatic nitrogens is 1. The third-order valence-electron chi connectivity index (χ3n) is 3.99. The Morgan fingerprint density at radius 2 is 2.04 bits per heavy atom. The number of nitrogens with one attached hydrogen (secondary N) is 2. The summed E-state index contributed by atoms with van der Waals surface area (Å²) in [5.74, 6) is -0.123. The average Bonchev–Trinajstić information content (AvgIpc) is 2.60. The zero-order valence-electron chi connectivity index (χ0n) is 14.6. The summed E-state index contributed by atoms with van der Waals surface area (Å²) < 4.78 is 74.7. The first kappa shape index (κ1) is 21.4. The van der Waals surface area contributed by atoms with Crippen LogP contribution in [0.3, 0.4) is 0 Å². The van der Waals surface area contributed by atoms with Crippen LogP contribution >= 0.6 is 0 Å². The van der Waals surface area contributed by atoms with Crippen molar-refractivity contribution >= 4 is 16.0 Å². The zero-order chi connectivity index (χ0) is 20.1. The van der Waals surface area contributed by atoms with E-state index in [1.165, 1.54) is 18.3 Å². The van der Waals surface area contributed by atoms with Gasteiger partial charge in [0.05, 0.1) is 12.2 Å². The lowest BCUT2D eigenvalue weighted by Crippen LogP contribution is -2.51. The number of aliphatic imine (C=N–C) groups is 1. The highest BCUT2D eigenvalue weighted by Gasteiger charge is 2.50. The Labute approximate surface area is 154 Å². The third-order valence-corrected chi connectivity index (χ3v) is 5.62. The first-order valence-electron chi connectivity index (χ1n) is 8.35. The first-order chi connectivity index (χ1) is 12.6. The summed E-state index contributed by atoms with van der Waals surface area (Å²) in [6.07, 6.45) is 1.83. The van der Waals surface area contributed by atoms with Crippen molar-refractivity contribution in [3.8, 4) is 0 Å². The topological polar surface area (TPSA) is 86.7 Å². The molecule has 152 valence electrons. The van der Waals surface area contributed by atoms with Crippen LogP contribution in [0.25, 0.3) is 0 Å². The highest BCUT2D eigenvalue weighted by molar-refractivity contribution is 7.90. The molecular weight excluding hydrogens is 390 g/mol. The van der Waals surface area contributed by atoms with Gasteiger partial charge in [0.25, 0.3) is 0 Å². The maximum Gasteiger partial charge on any atom is 0.511 e. The molecule has 0 aromatic carbocycles. The minimum atomic E-state index is -5.30. The van der Waals surface area contributed by atoms with Crippen molar-refractivity contribution in [3.63, 3.8) is 0 Å². The molecule has 0 aliphatic carbocycles. The molecule has 2 N–H and O–H groups in total. The minimum Gasteiger partial charge on any atom is -0.357 e. The fourth-order valence-electron chi connectivity index (χ4n) is 2.59. The van der Waals surface area contributed by atoms with Gasteiger partial charge in [-0.2, -0.15) is 17.5 Å². The maximum atomic E-state index is 13.6. The lowest BCUT2D eigenvalue weighted by atomic mass is 10.1. The predicted molar refractivity (Wildman–Crippen MR) is 91.7 cm³/mol. The van der Waals surface area contributed by atoms with Crippen molar-refractivity contribution in [2.45, 2.75) is 37.9 Å². The Kier molecular flexibility index (Phi) is 6.98. The normalized spacial score (nSPS) is 17.7. The standard InChI is InChI=1S/C15H21F4N5O2S/c1-2-20-14(22-10-13-12(16)4-3-7-21-13)23-11-5-8-24(9-6-11)27(25,26)15(17,18)19/h3-4,7,11H,2,5-6,8-10H2,1H3,(H2,20,22,23). The summed E-state index contributed by atoms with van der Waals surface area (Å²) in [4.78, 5) is 8.13. The molecule has 0 bridgehead atoms. The highest BCUT2D eigenvalue weighted by atomic mass is 32.2. The number of pyridine rings is 1. The number of sulfonamides is 1. The van der Waals surface area contributed by atoms with Crippen LogP contribution in [-0.4, -0.2) is 54.9 Å². The molecule has 1 aromatic heterocycles. The Bertz CT molecular complexity index is 762. The van der Waals surface area contributed by atoms with Gasteiger partial charge < -0.3 is 10.6 Å². The number of hydrogen-bond acceptors (Lipinski definition) is 4. The fourth-order valence-corrected chi connectivity index (χ4v) is 3.57. The molecule has 1 aromatic rings. The van der Waals surface area contributed by atoms with Gasteiger partial charge in [-0.05, 0) is 31.9 Å². The van der Waals surface area contributed by atoms with Crippen LogP contribution < -0.4 is 10.6 Å². The first-order valence-corrected chi connectivity index (χ1v) is 9.79. The number of nitrogens with zero attached hydrogens (tertiary/aromatic N) is 3. The van der Waals surface area contributed by atoms with Crippen molar-refractivity contribution in [3.05, 3.63) is 29.8 Å². The van der Waals surface area contributed by atoms with E-state index >= 15 is 0 Å². The van der Waals surface area contributed by atoms with Crippen LogP contribution in [0.2, 0.25) is 0 Å². The lowest BCUT2D eigenvalue weighted by Gasteiger charge is -2.32. The van der Waals surface area contributed by atoms with E-state index in [0.29, 0.717) is 16.8 Å². The molecule has 0 radical (unpaired) electrons. The highest BCUT2D eigenvalue weighted by Crippen LogP contribution is 2.28. The summed E-state index contributed by atoms with van der Waals surface area (Å²) in [6, 6.07) is 2.49. The average molecular weight is 411 g/mol. The van der Waals surface area contributed by atoms with Gasteiger partial charge in [0.1, 0.15) is 5.82 Å². The molecule has 27 heavy (non-hydrogen) atoms. The number of halogens is 4. The molecule has 2 rings (SSSR count). The molecule has 1 saturated heterocycles. The molecular formula is C15H21F4N5O2S. The second-order valence-electron chi connectivity index (χ2n) is 5.90. The molecule has 1 aliphatic rings. The van der Waals surface area contributed by atoms with Crippen molar-refractivity contribution < 1.29 is 26.0 Å². The molecule has 7 nitrogen and oxygen atoms in total. The second-order valence-corrected chi connectivity index (χ2v) is 7.82. The largest absolute Gasteiger partial charge is 0.511 e. The van der Waals surface area contributed by atoms with Crippen molar-refractivity contribution in [1.29, 1.82) is 0 Å². The number of alkyl halides is 3. The Morgan fingerprint density at radius 3 is 2.59 bits per heavy atom. The van der Waals surface area contributed by atoms with E-state index in [0.717, 1.165) is 0 Å². The smallest absolute Gasteiger partial charge is 0.357 e. The van der Waals surface area contributed by atoms with Crippen LogP contribution in [0.1, 0.15) is 25.5 Å². The van der Waals surface area contributed by atoms with Crippen LogP contribution in [0.15, 0.2) is 23.3 Å². The van der Waals surface area contributed by atoms with Crippen molar-refractivity contribution in [1.82, 2.24) is 19.9 Å². The van der Waals surface area contributed by atoms with Gasteiger partial charge in [0, 0.05) is 31.9 Å².